The van der Waals surface area contributed by atoms with Gasteiger partial charge in [-0.1, -0.05) is 24.3 Å². The van der Waals surface area contributed by atoms with Crippen molar-refractivity contribution in [1.29, 1.82) is 0 Å². The van der Waals surface area contributed by atoms with E-state index in [1.54, 1.807) is 11.3 Å². The molecule has 2 aliphatic rings. The summed E-state index contributed by atoms with van der Waals surface area (Å²) in [5, 5.41) is 7.63. The molecule has 2 aromatic carbocycles. The molecular formula is C22H24ClN3OS. The Balaban J connectivity index is 0.00000192. The average Bonchev–Trinajstić information content (AvgIpc) is 3.21. The van der Waals surface area contributed by atoms with Gasteiger partial charge in [-0.15, -0.1) is 23.7 Å². The minimum Gasteiger partial charge on any atom is -0.326 e. The van der Waals surface area contributed by atoms with Gasteiger partial charge >= 0.3 is 0 Å². The number of piperidine rings is 1. The number of amides is 1. The molecule has 5 rings (SSSR count). The van der Waals surface area contributed by atoms with Gasteiger partial charge in [-0.2, -0.15) is 0 Å². The Bertz CT molecular complexity index is 946. The second-order valence-electron chi connectivity index (χ2n) is 7.81. The molecule has 4 nitrogen and oxygen atoms in total. The van der Waals surface area contributed by atoms with Gasteiger partial charge in [0.2, 0.25) is 5.91 Å². The summed E-state index contributed by atoms with van der Waals surface area (Å²) in [5.74, 6) is 0.387. The first-order valence-corrected chi connectivity index (χ1v) is 10.5. The lowest BCUT2D eigenvalue weighted by molar-refractivity contribution is -0.118. The fourth-order valence-corrected chi connectivity index (χ4v) is 5.30. The number of thiazole rings is 1. The van der Waals surface area contributed by atoms with Crippen molar-refractivity contribution in [2.24, 2.45) is 11.3 Å². The van der Waals surface area contributed by atoms with E-state index in [0.29, 0.717) is 0 Å². The van der Waals surface area contributed by atoms with E-state index >= 15 is 0 Å². The number of fused-ring (bicyclic) bond motifs is 1. The Hall–Kier alpha value is -1.95. The van der Waals surface area contributed by atoms with Gasteiger partial charge in [0.15, 0.2) is 0 Å². The predicted octanol–water partition coefficient (Wildman–Crippen LogP) is 4.64. The monoisotopic (exact) mass is 413 g/mol. The van der Waals surface area contributed by atoms with Crippen LogP contribution in [0.2, 0.25) is 0 Å². The molecule has 0 bridgehead atoms. The van der Waals surface area contributed by atoms with Crippen molar-refractivity contribution >= 4 is 45.6 Å². The van der Waals surface area contributed by atoms with E-state index in [0.717, 1.165) is 55.0 Å². The number of para-hydroxylation sites is 1. The standard InChI is InChI=1S/C22H23N3OS.ClH/c26-21(17-14-22(17)9-11-23-12-10-22)24-16-7-5-15(6-8-16)13-20-25-18-3-1-2-4-19(18)27-20;/h1-8,17,23H,9-14H2,(H,24,26);1H. The molecular weight excluding hydrogens is 390 g/mol. The lowest BCUT2D eigenvalue weighted by Gasteiger charge is -2.23. The van der Waals surface area contributed by atoms with E-state index in [2.05, 4.69) is 41.0 Å². The van der Waals surface area contributed by atoms with Crippen LogP contribution < -0.4 is 10.6 Å². The normalized spacial score (nSPS) is 19.9. The lowest BCUT2D eigenvalue weighted by Crippen LogP contribution is -2.31. The molecule has 1 atom stereocenters. The molecule has 2 heterocycles. The number of nitrogens with zero attached hydrogens (tertiary/aromatic N) is 1. The maximum absolute atomic E-state index is 12.6. The summed E-state index contributed by atoms with van der Waals surface area (Å²) in [4.78, 5) is 17.3. The van der Waals surface area contributed by atoms with Crippen molar-refractivity contribution in [3.8, 4) is 0 Å². The van der Waals surface area contributed by atoms with Gasteiger partial charge in [-0.3, -0.25) is 4.79 Å². The summed E-state index contributed by atoms with van der Waals surface area (Å²) in [7, 11) is 0. The fraction of sp³-hybridized carbons (Fsp3) is 0.364. The molecule has 1 aromatic heterocycles. The van der Waals surface area contributed by atoms with Crippen LogP contribution >= 0.6 is 23.7 Å². The number of hydrogen-bond donors (Lipinski definition) is 2. The van der Waals surface area contributed by atoms with Gasteiger partial charge in [0.25, 0.3) is 0 Å². The van der Waals surface area contributed by atoms with Gasteiger partial charge in [-0.05, 0) is 67.6 Å². The van der Waals surface area contributed by atoms with Crippen LogP contribution in [-0.2, 0) is 11.2 Å². The minimum atomic E-state index is 0. The minimum absolute atomic E-state index is 0. The van der Waals surface area contributed by atoms with Crippen molar-refractivity contribution in [2.45, 2.75) is 25.7 Å². The third-order valence-corrected chi connectivity index (χ3v) is 7.06. The molecule has 146 valence electrons. The Kier molecular flexibility index (Phi) is 5.41. The molecule has 1 amide bonds. The first-order chi connectivity index (χ1) is 13.2. The molecule has 1 unspecified atom stereocenters. The van der Waals surface area contributed by atoms with Crippen LogP contribution in [0.25, 0.3) is 10.2 Å². The summed E-state index contributed by atoms with van der Waals surface area (Å²) in [6.07, 6.45) is 4.14. The number of aromatic nitrogens is 1. The molecule has 3 aromatic rings. The van der Waals surface area contributed by atoms with Crippen LogP contribution in [0.4, 0.5) is 5.69 Å². The van der Waals surface area contributed by atoms with Crippen LogP contribution in [0.5, 0.6) is 0 Å². The van der Waals surface area contributed by atoms with Crippen LogP contribution in [-0.4, -0.2) is 24.0 Å². The van der Waals surface area contributed by atoms with Gasteiger partial charge in [0.1, 0.15) is 0 Å². The smallest absolute Gasteiger partial charge is 0.228 e. The quantitative estimate of drug-likeness (QED) is 0.655. The van der Waals surface area contributed by atoms with Crippen molar-refractivity contribution in [3.63, 3.8) is 0 Å². The molecule has 1 aliphatic carbocycles. The van der Waals surface area contributed by atoms with Gasteiger partial charge in [0.05, 0.1) is 15.2 Å². The third-order valence-electron chi connectivity index (χ3n) is 6.02. The molecule has 1 saturated carbocycles. The summed E-state index contributed by atoms with van der Waals surface area (Å²) in [5.41, 5.74) is 3.46. The largest absolute Gasteiger partial charge is 0.326 e. The number of benzene rings is 2. The number of rotatable bonds is 4. The van der Waals surface area contributed by atoms with Crippen molar-refractivity contribution in [1.82, 2.24) is 10.3 Å². The second-order valence-corrected chi connectivity index (χ2v) is 8.92. The van der Waals surface area contributed by atoms with Crippen molar-refractivity contribution < 1.29 is 4.79 Å². The van der Waals surface area contributed by atoms with E-state index in [4.69, 9.17) is 4.98 Å². The molecule has 6 heteroatoms. The molecule has 2 N–H and O–H groups in total. The number of hydrogen-bond acceptors (Lipinski definition) is 4. The number of halogens is 1. The highest BCUT2D eigenvalue weighted by Crippen LogP contribution is 2.58. The zero-order valence-corrected chi connectivity index (χ0v) is 17.2. The van der Waals surface area contributed by atoms with Gasteiger partial charge in [-0.25, -0.2) is 4.98 Å². The number of nitrogens with one attached hydrogen (secondary N) is 2. The van der Waals surface area contributed by atoms with E-state index in [1.807, 2.05) is 18.2 Å². The Morgan fingerprint density at radius 3 is 2.64 bits per heavy atom. The first kappa shape index (κ1) is 19.4. The summed E-state index contributed by atoms with van der Waals surface area (Å²) in [6.45, 7) is 2.09. The topological polar surface area (TPSA) is 54.0 Å². The molecule has 1 spiro atoms. The molecule has 0 radical (unpaired) electrons. The van der Waals surface area contributed by atoms with Crippen LogP contribution in [0.1, 0.15) is 29.8 Å². The fourth-order valence-electron chi connectivity index (χ4n) is 4.30. The predicted molar refractivity (Wildman–Crippen MR) is 117 cm³/mol. The first-order valence-electron chi connectivity index (χ1n) is 9.67. The van der Waals surface area contributed by atoms with E-state index < -0.39 is 0 Å². The molecule has 1 aliphatic heterocycles. The molecule has 1 saturated heterocycles. The maximum Gasteiger partial charge on any atom is 0.228 e. The number of carbonyl (C=O) groups is 1. The van der Waals surface area contributed by atoms with E-state index in [9.17, 15) is 4.79 Å². The average molecular weight is 414 g/mol. The summed E-state index contributed by atoms with van der Waals surface area (Å²) in [6, 6.07) is 16.5. The molecule has 28 heavy (non-hydrogen) atoms. The summed E-state index contributed by atoms with van der Waals surface area (Å²) < 4.78 is 1.23. The highest BCUT2D eigenvalue weighted by Gasteiger charge is 2.57. The zero-order chi connectivity index (χ0) is 18.3. The Morgan fingerprint density at radius 2 is 1.89 bits per heavy atom. The number of anilines is 1. The SMILES string of the molecule is Cl.O=C(Nc1ccc(Cc2nc3ccccc3s2)cc1)C1CC12CCNCC2. The van der Waals surface area contributed by atoms with Crippen LogP contribution in [0.15, 0.2) is 48.5 Å². The zero-order valence-electron chi connectivity index (χ0n) is 15.6. The summed E-state index contributed by atoms with van der Waals surface area (Å²) >= 11 is 1.75. The number of carbonyl (C=O) groups excluding carboxylic acids is 1. The van der Waals surface area contributed by atoms with E-state index in [1.165, 1.54) is 10.3 Å². The van der Waals surface area contributed by atoms with Gasteiger partial charge in [0, 0.05) is 18.0 Å². The Labute approximate surface area is 175 Å². The van der Waals surface area contributed by atoms with Crippen molar-refractivity contribution in [3.05, 3.63) is 59.1 Å². The highest BCUT2D eigenvalue weighted by atomic mass is 35.5. The third kappa shape index (κ3) is 3.79. The van der Waals surface area contributed by atoms with E-state index in [-0.39, 0.29) is 29.6 Å². The van der Waals surface area contributed by atoms with Crippen LogP contribution in [0.3, 0.4) is 0 Å². The van der Waals surface area contributed by atoms with Crippen LogP contribution in [0, 0.1) is 11.3 Å². The lowest BCUT2D eigenvalue weighted by atomic mass is 9.92. The highest BCUT2D eigenvalue weighted by molar-refractivity contribution is 7.18. The molecule has 2 fully saturated rings. The maximum atomic E-state index is 12.6. The second kappa shape index (κ2) is 7.82. The van der Waals surface area contributed by atoms with Crippen molar-refractivity contribution in [2.75, 3.05) is 18.4 Å². The Morgan fingerprint density at radius 1 is 1.14 bits per heavy atom. The van der Waals surface area contributed by atoms with Gasteiger partial charge < -0.3 is 10.6 Å².